The predicted octanol–water partition coefficient (Wildman–Crippen LogP) is 3.79. The summed E-state index contributed by atoms with van der Waals surface area (Å²) in [5.74, 6) is 0.465. The molecular weight excluding hydrogens is 340 g/mol. The highest BCUT2D eigenvalue weighted by molar-refractivity contribution is 5.98. The first kappa shape index (κ1) is 17.1. The Morgan fingerprint density at radius 1 is 1.07 bits per heavy atom. The van der Waals surface area contributed by atoms with Gasteiger partial charge in [-0.05, 0) is 34.5 Å². The summed E-state index contributed by atoms with van der Waals surface area (Å²) in [6, 6.07) is 21.1. The Balaban J connectivity index is 1.50. The fourth-order valence-corrected chi connectivity index (χ4v) is 3.29. The van der Waals surface area contributed by atoms with E-state index >= 15 is 0 Å². The van der Waals surface area contributed by atoms with Crippen molar-refractivity contribution < 1.29 is 14.6 Å². The minimum atomic E-state index is -0.787. The molecule has 1 unspecified atom stereocenters. The molecule has 0 aliphatic rings. The van der Waals surface area contributed by atoms with Gasteiger partial charge in [-0.2, -0.15) is 0 Å². The number of methoxy groups -OCH3 is 1. The Hall–Kier alpha value is -3.31. The third-order valence-electron chi connectivity index (χ3n) is 4.71. The van der Waals surface area contributed by atoms with Crippen molar-refractivity contribution in [3.63, 3.8) is 0 Å². The van der Waals surface area contributed by atoms with Crippen LogP contribution in [0.2, 0.25) is 0 Å². The molecule has 1 amide bonds. The number of amides is 1. The van der Waals surface area contributed by atoms with Gasteiger partial charge >= 0.3 is 0 Å². The van der Waals surface area contributed by atoms with E-state index in [2.05, 4.69) is 10.3 Å². The van der Waals surface area contributed by atoms with Crippen LogP contribution in [0.15, 0.2) is 66.7 Å². The maximum absolute atomic E-state index is 12.5. The predicted molar refractivity (Wildman–Crippen MR) is 106 cm³/mol. The minimum absolute atomic E-state index is 0.130. The molecule has 0 saturated carbocycles. The lowest BCUT2D eigenvalue weighted by Crippen LogP contribution is -2.28. The van der Waals surface area contributed by atoms with Crippen LogP contribution in [0.4, 0.5) is 0 Å². The summed E-state index contributed by atoms with van der Waals surface area (Å²) in [7, 11) is 1.60. The zero-order chi connectivity index (χ0) is 18.8. The number of aliphatic hydroxyl groups excluding tert-OH is 1. The van der Waals surface area contributed by atoms with Crippen molar-refractivity contribution in [3.8, 4) is 5.75 Å². The molecule has 0 saturated heterocycles. The zero-order valence-electron chi connectivity index (χ0n) is 14.9. The molecule has 1 aromatic heterocycles. The normalized spacial score (nSPS) is 12.2. The Bertz CT molecular complexity index is 1110. The Kier molecular flexibility index (Phi) is 4.52. The maximum atomic E-state index is 12.5. The number of carbonyl (C=O) groups excluding carboxylic acids is 1. The molecule has 0 radical (unpaired) electrons. The van der Waals surface area contributed by atoms with Gasteiger partial charge in [-0.15, -0.1) is 0 Å². The van der Waals surface area contributed by atoms with E-state index in [9.17, 15) is 9.90 Å². The topological polar surface area (TPSA) is 74.3 Å². The quantitative estimate of drug-likeness (QED) is 0.507. The summed E-state index contributed by atoms with van der Waals surface area (Å²) >= 11 is 0. The van der Waals surface area contributed by atoms with Crippen molar-refractivity contribution in [2.75, 3.05) is 13.7 Å². The largest absolute Gasteiger partial charge is 0.497 e. The number of fused-ring (bicyclic) bond motifs is 2. The standard InChI is InChI=1S/C22H20N2O3/c1-27-16-10-9-15-11-20(24-19(15)12-16)22(26)23-13-21(25)18-8-4-6-14-5-2-3-7-17(14)18/h2-12,21,24-25H,13H2,1H3,(H,23,26). The third kappa shape index (κ3) is 3.37. The van der Waals surface area contributed by atoms with Gasteiger partial charge in [0.1, 0.15) is 11.4 Å². The van der Waals surface area contributed by atoms with Crippen molar-refractivity contribution in [3.05, 3.63) is 78.0 Å². The van der Waals surface area contributed by atoms with E-state index in [1.807, 2.05) is 60.7 Å². The van der Waals surface area contributed by atoms with Gasteiger partial charge in [0.25, 0.3) is 5.91 Å². The Labute approximate surface area is 156 Å². The van der Waals surface area contributed by atoms with Crippen LogP contribution < -0.4 is 10.1 Å². The molecule has 5 nitrogen and oxygen atoms in total. The molecule has 0 bridgehead atoms. The second-order valence-corrected chi connectivity index (χ2v) is 6.43. The van der Waals surface area contributed by atoms with E-state index in [1.165, 1.54) is 0 Å². The molecule has 5 heteroatoms. The van der Waals surface area contributed by atoms with E-state index in [-0.39, 0.29) is 12.5 Å². The fourth-order valence-electron chi connectivity index (χ4n) is 3.29. The molecule has 4 aromatic rings. The number of carbonyl (C=O) groups is 1. The van der Waals surface area contributed by atoms with Crippen LogP contribution in [-0.2, 0) is 0 Å². The van der Waals surface area contributed by atoms with E-state index < -0.39 is 6.10 Å². The van der Waals surface area contributed by atoms with E-state index in [4.69, 9.17) is 4.74 Å². The van der Waals surface area contributed by atoms with Crippen LogP contribution in [0.1, 0.15) is 22.2 Å². The van der Waals surface area contributed by atoms with Gasteiger partial charge in [0.05, 0.1) is 13.2 Å². The molecule has 4 rings (SSSR count). The van der Waals surface area contributed by atoms with Crippen LogP contribution >= 0.6 is 0 Å². The van der Waals surface area contributed by atoms with Crippen molar-refractivity contribution in [1.82, 2.24) is 10.3 Å². The Morgan fingerprint density at radius 2 is 1.89 bits per heavy atom. The highest BCUT2D eigenvalue weighted by Gasteiger charge is 2.15. The zero-order valence-corrected chi connectivity index (χ0v) is 14.9. The molecule has 1 heterocycles. The number of benzene rings is 3. The van der Waals surface area contributed by atoms with E-state index in [0.29, 0.717) is 5.69 Å². The Morgan fingerprint density at radius 3 is 2.74 bits per heavy atom. The molecule has 0 aliphatic heterocycles. The number of rotatable bonds is 5. The summed E-state index contributed by atoms with van der Waals surface area (Å²) in [6.45, 7) is 0.130. The maximum Gasteiger partial charge on any atom is 0.267 e. The molecular formula is C22H20N2O3. The lowest BCUT2D eigenvalue weighted by molar-refractivity contribution is 0.0913. The number of H-pyrrole nitrogens is 1. The van der Waals surface area contributed by atoms with E-state index in [1.54, 1.807) is 13.2 Å². The average molecular weight is 360 g/mol. The third-order valence-corrected chi connectivity index (χ3v) is 4.71. The van der Waals surface area contributed by atoms with Gasteiger partial charge in [0.2, 0.25) is 0 Å². The van der Waals surface area contributed by atoms with Gasteiger partial charge in [0.15, 0.2) is 0 Å². The van der Waals surface area contributed by atoms with Crippen molar-refractivity contribution in [1.29, 1.82) is 0 Å². The molecule has 0 spiro atoms. The second kappa shape index (κ2) is 7.13. The molecule has 27 heavy (non-hydrogen) atoms. The highest BCUT2D eigenvalue weighted by Crippen LogP contribution is 2.24. The first-order valence-electron chi connectivity index (χ1n) is 8.76. The fraction of sp³-hybridized carbons (Fsp3) is 0.136. The van der Waals surface area contributed by atoms with Gasteiger partial charge in [-0.3, -0.25) is 4.79 Å². The second-order valence-electron chi connectivity index (χ2n) is 6.43. The van der Waals surface area contributed by atoms with Crippen LogP contribution in [0, 0.1) is 0 Å². The van der Waals surface area contributed by atoms with Crippen LogP contribution in [-0.4, -0.2) is 29.7 Å². The van der Waals surface area contributed by atoms with Crippen molar-refractivity contribution in [2.45, 2.75) is 6.10 Å². The number of aromatic amines is 1. The van der Waals surface area contributed by atoms with Crippen molar-refractivity contribution in [2.24, 2.45) is 0 Å². The lowest BCUT2D eigenvalue weighted by atomic mass is 10.0. The van der Waals surface area contributed by atoms with Gasteiger partial charge < -0.3 is 20.1 Å². The summed E-state index contributed by atoms with van der Waals surface area (Å²) in [5.41, 5.74) is 2.08. The van der Waals surface area contributed by atoms with Gasteiger partial charge in [-0.25, -0.2) is 0 Å². The van der Waals surface area contributed by atoms with Crippen molar-refractivity contribution >= 4 is 27.6 Å². The first-order valence-corrected chi connectivity index (χ1v) is 8.76. The molecule has 3 aromatic carbocycles. The molecule has 136 valence electrons. The monoisotopic (exact) mass is 360 g/mol. The van der Waals surface area contributed by atoms with Crippen LogP contribution in [0.5, 0.6) is 5.75 Å². The summed E-state index contributed by atoms with van der Waals surface area (Å²) < 4.78 is 5.20. The average Bonchev–Trinajstić information content (AvgIpc) is 3.14. The molecule has 1 atom stereocenters. The minimum Gasteiger partial charge on any atom is -0.497 e. The van der Waals surface area contributed by atoms with Gasteiger partial charge in [0, 0.05) is 23.5 Å². The molecule has 3 N–H and O–H groups in total. The number of nitrogens with one attached hydrogen (secondary N) is 2. The summed E-state index contributed by atoms with van der Waals surface area (Å²) in [4.78, 5) is 15.6. The number of hydrogen-bond donors (Lipinski definition) is 3. The number of aliphatic hydroxyl groups is 1. The molecule has 0 fully saturated rings. The SMILES string of the molecule is COc1ccc2cc(C(=O)NCC(O)c3cccc4ccccc34)[nH]c2c1. The summed E-state index contributed by atoms with van der Waals surface area (Å²) in [6.07, 6.45) is -0.787. The molecule has 0 aliphatic carbocycles. The number of hydrogen-bond acceptors (Lipinski definition) is 3. The highest BCUT2D eigenvalue weighted by atomic mass is 16.5. The van der Waals surface area contributed by atoms with E-state index in [0.717, 1.165) is 33.0 Å². The van der Waals surface area contributed by atoms with Crippen LogP contribution in [0.25, 0.3) is 21.7 Å². The number of aromatic nitrogens is 1. The summed E-state index contributed by atoms with van der Waals surface area (Å²) in [5, 5.41) is 16.4. The lowest BCUT2D eigenvalue weighted by Gasteiger charge is -2.14. The number of ether oxygens (including phenoxy) is 1. The smallest absolute Gasteiger partial charge is 0.267 e. The first-order chi connectivity index (χ1) is 13.2. The van der Waals surface area contributed by atoms with Crippen LogP contribution in [0.3, 0.4) is 0 Å². The van der Waals surface area contributed by atoms with Gasteiger partial charge in [-0.1, -0.05) is 42.5 Å².